The molecular formula is C13H16FNO3. The number of carboxylic acid groups (broad SMARTS) is 1. The number of carboxylic acids is 1. The molecule has 0 aliphatic carbocycles. The minimum atomic E-state index is -1.14. The normalized spacial score (nSPS) is 11.1. The molecule has 0 fully saturated rings. The van der Waals surface area contributed by atoms with E-state index in [9.17, 15) is 14.0 Å². The van der Waals surface area contributed by atoms with Crippen LogP contribution in [-0.4, -0.2) is 23.5 Å². The van der Waals surface area contributed by atoms with Gasteiger partial charge in [-0.15, -0.1) is 0 Å². The highest BCUT2D eigenvalue weighted by Gasteiger charge is 2.29. The number of carbonyl (C=O) groups excluding carboxylic acids is 1. The molecule has 0 aromatic heterocycles. The van der Waals surface area contributed by atoms with Gasteiger partial charge in [-0.3, -0.25) is 9.59 Å². The van der Waals surface area contributed by atoms with Crippen LogP contribution < -0.4 is 4.90 Å². The number of aliphatic carboxylic acids is 1. The summed E-state index contributed by atoms with van der Waals surface area (Å²) in [4.78, 5) is 24.0. The maximum absolute atomic E-state index is 13.1. The third kappa shape index (κ3) is 3.55. The van der Waals surface area contributed by atoms with Gasteiger partial charge < -0.3 is 10.0 Å². The highest BCUT2D eigenvalue weighted by molar-refractivity contribution is 6.00. The zero-order chi connectivity index (χ0) is 13.9. The van der Waals surface area contributed by atoms with Gasteiger partial charge in [0.05, 0.1) is 0 Å². The molecule has 0 aliphatic heterocycles. The highest BCUT2D eigenvalue weighted by atomic mass is 19.1. The van der Waals surface area contributed by atoms with Gasteiger partial charge in [0, 0.05) is 11.1 Å². The molecule has 0 unspecified atom stereocenters. The molecule has 1 amide bonds. The van der Waals surface area contributed by atoms with E-state index in [1.54, 1.807) is 20.8 Å². The zero-order valence-electron chi connectivity index (χ0n) is 10.6. The number of halogens is 1. The molecule has 1 aromatic rings. The summed E-state index contributed by atoms with van der Waals surface area (Å²) in [6.45, 7) is 4.57. The van der Waals surface area contributed by atoms with E-state index in [2.05, 4.69) is 0 Å². The number of amides is 1. The van der Waals surface area contributed by atoms with Gasteiger partial charge in [0.15, 0.2) is 0 Å². The molecule has 1 aromatic carbocycles. The molecule has 98 valence electrons. The van der Waals surface area contributed by atoms with Gasteiger partial charge in [0.1, 0.15) is 12.4 Å². The summed E-state index contributed by atoms with van der Waals surface area (Å²) in [5.74, 6) is -2.02. The van der Waals surface area contributed by atoms with E-state index < -0.39 is 23.7 Å². The molecule has 5 heteroatoms. The van der Waals surface area contributed by atoms with Crippen LogP contribution in [0.25, 0.3) is 0 Å². The number of nitrogens with zero attached hydrogens (tertiary/aromatic N) is 1. The maximum Gasteiger partial charge on any atom is 0.323 e. The summed E-state index contributed by atoms with van der Waals surface area (Å²) >= 11 is 0. The number of benzene rings is 1. The van der Waals surface area contributed by atoms with Crippen molar-refractivity contribution in [2.24, 2.45) is 5.41 Å². The summed E-state index contributed by atoms with van der Waals surface area (Å²) in [5, 5.41) is 8.84. The maximum atomic E-state index is 13.1. The van der Waals surface area contributed by atoms with Gasteiger partial charge in [0.25, 0.3) is 0 Å². The second-order valence-corrected chi connectivity index (χ2v) is 5.01. The smallest absolute Gasteiger partial charge is 0.323 e. The van der Waals surface area contributed by atoms with Crippen molar-refractivity contribution in [2.45, 2.75) is 20.8 Å². The first-order chi connectivity index (χ1) is 8.21. The van der Waals surface area contributed by atoms with Crippen LogP contribution in [0.4, 0.5) is 10.1 Å². The molecule has 0 heterocycles. The van der Waals surface area contributed by atoms with Crippen LogP contribution in [0, 0.1) is 11.2 Å². The van der Waals surface area contributed by atoms with Crippen molar-refractivity contribution in [1.29, 1.82) is 0 Å². The lowest BCUT2D eigenvalue weighted by Gasteiger charge is -2.28. The molecule has 4 nitrogen and oxygen atoms in total. The van der Waals surface area contributed by atoms with E-state index in [0.717, 1.165) is 11.0 Å². The lowest BCUT2D eigenvalue weighted by molar-refractivity contribution is -0.137. The molecule has 1 rings (SSSR count). The molecule has 0 saturated carbocycles. The monoisotopic (exact) mass is 253 g/mol. The van der Waals surface area contributed by atoms with Crippen molar-refractivity contribution in [1.82, 2.24) is 0 Å². The van der Waals surface area contributed by atoms with E-state index in [4.69, 9.17) is 5.11 Å². The largest absolute Gasteiger partial charge is 0.480 e. The first-order valence-corrected chi connectivity index (χ1v) is 5.51. The third-order valence-electron chi connectivity index (χ3n) is 2.30. The van der Waals surface area contributed by atoms with E-state index in [-0.39, 0.29) is 11.6 Å². The quantitative estimate of drug-likeness (QED) is 0.899. The van der Waals surface area contributed by atoms with Crippen LogP contribution in [-0.2, 0) is 9.59 Å². The summed E-state index contributed by atoms with van der Waals surface area (Å²) < 4.78 is 13.1. The Bertz CT molecular complexity index is 466. The Kier molecular flexibility index (Phi) is 4.06. The average Bonchev–Trinajstić information content (AvgIpc) is 2.23. The summed E-state index contributed by atoms with van der Waals surface area (Å²) in [6, 6.07) is 5.34. The third-order valence-corrected chi connectivity index (χ3v) is 2.30. The van der Waals surface area contributed by atoms with Crippen molar-refractivity contribution in [3.63, 3.8) is 0 Å². The second-order valence-electron chi connectivity index (χ2n) is 5.01. The predicted octanol–water partition coefficient (Wildman–Crippen LogP) is 2.29. The Hall–Kier alpha value is -1.91. The predicted molar refractivity (Wildman–Crippen MR) is 65.8 cm³/mol. The van der Waals surface area contributed by atoms with Crippen LogP contribution in [0.5, 0.6) is 0 Å². The summed E-state index contributed by atoms with van der Waals surface area (Å²) in [5.41, 5.74) is -0.487. The molecule has 0 saturated heterocycles. The lowest BCUT2D eigenvalue weighted by Crippen LogP contribution is -2.42. The van der Waals surface area contributed by atoms with Gasteiger partial charge in [-0.25, -0.2) is 4.39 Å². The Labute approximate surface area is 105 Å². The van der Waals surface area contributed by atoms with Crippen LogP contribution in [0.15, 0.2) is 24.3 Å². The summed E-state index contributed by atoms with van der Waals surface area (Å²) in [7, 11) is 0. The SMILES string of the molecule is CC(C)(C)C(=O)N(CC(=O)O)c1cccc(F)c1. The Morgan fingerprint density at radius 1 is 1.33 bits per heavy atom. The van der Waals surface area contributed by atoms with Gasteiger partial charge in [0.2, 0.25) is 5.91 Å². The first kappa shape index (κ1) is 14.2. The molecule has 0 radical (unpaired) electrons. The van der Waals surface area contributed by atoms with Crippen LogP contribution in [0.1, 0.15) is 20.8 Å². The van der Waals surface area contributed by atoms with Crippen molar-refractivity contribution in [3.8, 4) is 0 Å². The van der Waals surface area contributed by atoms with Crippen molar-refractivity contribution < 1.29 is 19.1 Å². The first-order valence-electron chi connectivity index (χ1n) is 5.51. The van der Waals surface area contributed by atoms with Gasteiger partial charge in [-0.2, -0.15) is 0 Å². The van der Waals surface area contributed by atoms with Gasteiger partial charge in [-0.1, -0.05) is 26.8 Å². The number of hydrogen-bond acceptors (Lipinski definition) is 2. The molecule has 0 atom stereocenters. The minimum absolute atomic E-state index is 0.248. The fourth-order valence-corrected chi connectivity index (χ4v) is 1.46. The van der Waals surface area contributed by atoms with E-state index >= 15 is 0 Å². The molecule has 0 aliphatic rings. The Balaban J connectivity index is 3.13. The average molecular weight is 253 g/mol. The molecule has 18 heavy (non-hydrogen) atoms. The number of anilines is 1. The Morgan fingerprint density at radius 2 is 1.94 bits per heavy atom. The van der Waals surface area contributed by atoms with E-state index in [1.165, 1.54) is 18.2 Å². The molecule has 0 spiro atoms. The topological polar surface area (TPSA) is 57.6 Å². The van der Waals surface area contributed by atoms with Crippen molar-refractivity contribution in [3.05, 3.63) is 30.1 Å². The van der Waals surface area contributed by atoms with E-state index in [1.807, 2.05) is 0 Å². The standard InChI is InChI=1S/C13H16FNO3/c1-13(2,3)12(18)15(8-11(16)17)10-6-4-5-9(14)7-10/h4-7H,8H2,1-3H3,(H,16,17). The van der Waals surface area contributed by atoms with Crippen LogP contribution in [0.2, 0.25) is 0 Å². The van der Waals surface area contributed by atoms with E-state index in [0.29, 0.717) is 0 Å². The molecule has 1 N–H and O–H groups in total. The lowest BCUT2D eigenvalue weighted by atomic mass is 9.94. The zero-order valence-corrected chi connectivity index (χ0v) is 10.6. The van der Waals surface area contributed by atoms with Crippen molar-refractivity contribution >= 4 is 17.6 Å². The number of hydrogen-bond donors (Lipinski definition) is 1. The minimum Gasteiger partial charge on any atom is -0.480 e. The number of carbonyl (C=O) groups is 2. The highest BCUT2D eigenvalue weighted by Crippen LogP contribution is 2.23. The second kappa shape index (κ2) is 5.16. The molecule has 0 bridgehead atoms. The van der Waals surface area contributed by atoms with Crippen LogP contribution in [0.3, 0.4) is 0 Å². The molecular weight excluding hydrogens is 237 g/mol. The fraction of sp³-hybridized carbons (Fsp3) is 0.385. The van der Waals surface area contributed by atoms with Crippen LogP contribution >= 0.6 is 0 Å². The summed E-state index contributed by atoms with van der Waals surface area (Å²) in [6.07, 6.45) is 0. The van der Waals surface area contributed by atoms with Gasteiger partial charge in [-0.05, 0) is 18.2 Å². The fourth-order valence-electron chi connectivity index (χ4n) is 1.46. The van der Waals surface area contributed by atoms with Gasteiger partial charge >= 0.3 is 5.97 Å². The van der Waals surface area contributed by atoms with Crippen molar-refractivity contribution in [2.75, 3.05) is 11.4 Å². The Morgan fingerprint density at radius 3 is 2.39 bits per heavy atom. The number of rotatable bonds is 3.